The molecule has 0 heterocycles. The molecule has 0 radical (unpaired) electrons. The average Bonchev–Trinajstić information content (AvgIpc) is 2.66. The van der Waals surface area contributed by atoms with Crippen LogP contribution in [0.1, 0.15) is 39.0 Å². The molecule has 0 amide bonds. The van der Waals surface area contributed by atoms with Gasteiger partial charge in [-0.25, -0.2) is 0 Å². The van der Waals surface area contributed by atoms with Crippen molar-refractivity contribution < 1.29 is 9.90 Å². The molecule has 0 bridgehead atoms. The summed E-state index contributed by atoms with van der Waals surface area (Å²) >= 11 is 0. The molecule has 0 aliphatic heterocycles. The van der Waals surface area contributed by atoms with E-state index in [1.165, 1.54) is 19.3 Å². The van der Waals surface area contributed by atoms with Gasteiger partial charge in [0.2, 0.25) is 0 Å². The largest absolute Gasteiger partial charge is 0.385 e. The van der Waals surface area contributed by atoms with E-state index in [1.807, 2.05) is 18.2 Å². The van der Waals surface area contributed by atoms with E-state index in [2.05, 4.69) is 13.0 Å². The number of aliphatic hydroxyl groups excluding tert-OH is 1. The van der Waals surface area contributed by atoms with E-state index in [0.29, 0.717) is 6.42 Å². The van der Waals surface area contributed by atoms with Crippen LogP contribution in [-0.2, 0) is 4.79 Å². The number of carbonyl (C=O) groups is 1. The molecule has 0 aromatic carbocycles. The molecule has 0 saturated heterocycles. The van der Waals surface area contributed by atoms with Crippen molar-refractivity contribution in [3.63, 3.8) is 0 Å². The van der Waals surface area contributed by atoms with Crippen molar-refractivity contribution in [2.45, 2.75) is 45.1 Å². The average molecular weight is 234 g/mol. The van der Waals surface area contributed by atoms with Gasteiger partial charge in [-0.3, -0.25) is 0 Å². The summed E-state index contributed by atoms with van der Waals surface area (Å²) in [4.78, 5) is 10.5. The van der Waals surface area contributed by atoms with Gasteiger partial charge in [0.1, 0.15) is 6.29 Å². The fourth-order valence-corrected chi connectivity index (χ4v) is 2.01. The van der Waals surface area contributed by atoms with E-state index in [-0.39, 0.29) is 5.92 Å². The molecule has 1 aliphatic carbocycles. The smallest absolute Gasteiger partial charge is 0.120 e. The quantitative estimate of drug-likeness (QED) is 0.417. The number of carbonyl (C=O) groups excluding carboxylic acids is 1. The Kier molecular flexibility index (Phi) is 6.56. The van der Waals surface area contributed by atoms with Crippen molar-refractivity contribution in [1.29, 1.82) is 0 Å². The van der Waals surface area contributed by atoms with Crippen molar-refractivity contribution in [3.8, 4) is 0 Å². The van der Waals surface area contributed by atoms with Crippen LogP contribution in [0.25, 0.3) is 0 Å². The van der Waals surface area contributed by atoms with E-state index >= 15 is 0 Å². The fourth-order valence-electron chi connectivity index (χ4n) is 2.01. The van der Waals surface area contributed by atoms with Gasteiger partial charge in [0, 0.05) is 12.3 Å². The lowest BCUT2D eigenvalue weighted by molar-refractivity contribution is -0.108. The molecule has 1 aliphatic rings. The Morgan fingerprint density at radius 2 is 2.18 bits per heavy atom. The highest BCUT2D eigenvalue weighted by Gasteiger charge is 2.21. The highest BCUT2D eigenvalue weighted by molar-refractivity contribution is 5.53. The number of hydrogen-bond donors (Lipinski definition) is 1. The molecular weight excluding hydrogens is 212 g/mol. The van der Waals surface area contributed by atoms with Crippen molar-refractivity contribution >= 4 is 6.29 Å². The van der Waals surface area contributed by atoms with Crippen LogP contribution >= 0.6 is 0 Å². The second-order valence-electron chi connectivity index (χ2n) is 4.43. The predicted octanol–water partition coefficient (Wildman–Crippen LogP) is 3.19. The number of aliphatic hydroxyl groups is 1. The minimum Gasteiger partial charge on any atom is -0.385 e. The second-order valence-corrected chi connectivity index (χ2v) is 4.43. The van der Waals surface area contributed by atoms with Crippen LogP contribution in [-0.4, -0.2) is 17.5 Å². The van der Waals surface area contributed by atoms with Gasteiger partial charge < -0.3 is 9.90 Å². The molecule has 1 N–H and O–H groups in total. The molecule has 2 atom stereocenters. The van der Waals surface area contributed by atoms with Crippen LogP contribution in [0.5, 0.6) is 0 Å². The summed E-state index contributed by atoms with van der Waals surface area (Å²) in [5, 5.41) is 9.72. The zero-order chi connectivity index (χ0) is 12.5. The molecule has 0 aromatic heterocycles. The lowest BCUT2D eigenvalue weighted by Gasteiger charge is -2.09. The summed E-state index contributed by atoms with van der Waals surface area (Å²) in [5.41, 5.74) is 0.934. The van der Waals surface area contributed by atoms with E-state index in [4.69, 9.17) is 0 Å². The zero-order valence-corrected chi connectivity index (χ0v) is 10.5. The maximum absolute atomic E-state index is 10.5. The van der Waals surface area contributed by atoms with Crippen LogP contribution in [0.3, 0.4) is 0 Å². The third-order valence-electron chi connectivity index (χ3n) is 3.04. The van der Waals surface area contributed by atoms with Crippen LogP contribution in [0, 0.1) is 5.92 Å². The third kappa shape index (κ3) is 4.70. The Morgan fingerprint density at radius 3 is 2.88 bits per heavy atom. The number of aldehydes is 1. The van der Waals surface area contributed by atoms with Crippen molar-refractivity contribution in [3.05, 3.63) is 36.0 Å². The zero-order valence-electron chi connectivity index (χ0n) is 10.5. The first kappa shape index (κ1) is 13.9. The van der Waals surface area contributed by atoms with Crippen LogP contribution in [0.2, 0.25) is 0 Å². The molecule has 1 rings (SSSR count). The minimum atomic E-state index is -0.514. The van der Waals surface area contributed by atoms with Crippen LogP contribution in [0.4, 0.5) is 0 Å². The first-order chi connectivity index (χ1) is 8.29. The summed E-state index contributed by atoms with van der Waals surface area (Å²) in [6.07, 6.45) is 15.4. The van der Waals surface area contributed by atoms with Gasteiger partial charge in [-0.15, -0.1) is 0 Å². The Bertz CT molecular complexity index is 313. The molecule has 0 spiro atoms. The molecule has 0 unspecified atom stereocenters. The highest BCUT2D eigenvalue weighted by Crippen LogP contribution is 2.27. The van der Waals surface area contributed by atoms with Gasteiger partial charge >= 0.3 is 0 Å². The van der Waals surface area contributed by atoms with Gasteiger partial charge in [0.15, 0.2) is 0 Å². The second kappa shape index (κ2) is 8.02. The summed E-state index contributed by atoms with van der Waals surface area (Å²) in [6, 6.07) is 0. The maximum Gasteiger partial charge on any atom is 0.120 e. The van der Waals surface area contributed by atoms with Gasteiger partial charge in [-0.05, 0) is 18.4 Å². The Balaban J connectivity index is 2.43. The molecule has 0 fully saturated rings. The number of unbranched alkanes of at least 4 members (excludes halogenated alkanes) is 3. The lowest BCUT2D eigenvalue weighted by atomic mass is 9.98. The van der Waals surface area contributed by atoms with E-state index < -0.39 is 6.10 Å². The summed E-state index contributed by atoms with van der Waals surface area (Å²) in [7, 11) is 0. The van der Waals surface area contributed by atoms with Gasteiger partial charge in [-0.1, -0.05) is 50.1 Å². The van der Waals surface area contributed by atoms with Crippen molar-refractivity contribution in [2.75, 3.05) is 0 Å². The lowest BCUT2D eigenvalue weighted by Crippen LogP contribution is -2.08. The van der Waals surface area contributed by atoms with Crippen LogP contribution in [0.15, 0.2) is 36.0 Å². The van der Waals surface area contributed by atoms with Crippen LogP contribution < -0.4 is 0 Å². The highest BCUT2D eigenvalue weighted by atomic mass is 16.3. The molecule has 0 saturated carbocycles. The number of rotatable bonds is 7. The van der Waals surface area contributed by atoms with E-state index in [9.17, 15) is 9.90 Å². The van der Waals surface area contributed by atoms with Crippen molar-refractivity contribution in [2.24, 2.45) is 5.92 Å². The molecular formula is C15H22O2. The summed E-state index contributed by atoms with van der Waals surface area (Å²) in [5.74, 6) is 0.0859. The Hall–Kier alpha value is -1.15. The molecule has 0 aromatic rings. The molecule has 2 nitrogen and oxygen atoms in total. The van der Waals surface area contributed by atoms with Gasteiger partial charge in [-0.2, -0.15) is 0 Å². The van der Waals surface area contributed by atoms with Gasteiger partial charge in [0.25, 0.3) is 0 Å². The first-order valence-corrected chi connectivity index (χ1v) is 6.46. The van der Waals surface area contributed by atoms with Gasteiger partial charge in [0.05, 0.1) is 6.10 Å². The first-order valence-electron chi connectivity index (χ1n) is 6.46. The summed E-state index contributed by atoms with van der Waals surface area (Å²) < 4.78 is 0. The Morgan fingerprint density at radius 1 is 1.35 bits per heavy atom. The maximum atomic E-state index is 10.5. The van der Waals surface area contributed by atoms with Crippen molar-refractivity contribution in [1.82, 2.24) is 0 Å². The topological polar surface area (TPSA) is 37.3 Å². The summed E-state index contributed by atoms with van der Waals surface area (Å²) in [6.45, 7) is 2.19. The molecule has 2 heteroatoms. The number of hydrogen-bond acceptors (Lipinski definition) is 2. The predicted molar refractivity (Wildman–Crippen MR) is 70.7 cm³/mol. The molecule has 94 valence electrons. The van der Waals surface area contributed by atoms with E-state index in [1.54, 1.807) is 6.08 Å². The molecule has 17 heavy (non-hydrogen) atoms. The monoisotopic (exact) mass is 234 g/mol. The Labute approximate surface area is 104 Å². The third-order valence-corrected chi connectivity index (χ3v) is 3.04. The normalized spacial score (nSPS) is 26.1. The minimum absolute atomic E-state index is 0.0859. The SMILES string of the molecule is CCCCC/C=C/C=C1/[C@@H](O)C=C[C@H]1CC=O. The fraction of sp³-hybridized carbons (Fsp3) is 0.533. The number of allylic oxidation sites excluding steroid dienone is 4. The van der Waals surface area contributed by atoms with E-state index in [0.717, 1.165) is 18.3 Å². The standard InChI is InChI=1S/C15H22O2/c1-2-3-4-5-6-7-8-14-13(11-12-16)9-10-15(14)17/h6-10,12-13,15,17H,2-5,11H2,1H3/b7-6+,14-8+/t13-,15-/m0/s1.